The number of hydrogen-bond donors (Lipinski definition) is 0. The summed E-state index contributed by atoms with van der Waals surface area (Å²) in [5.41, 5.74) is -0.0538. The molecular formula is C16H22F2O4SSi. The van der Waals surface area contributed by atoms with Crippen LogP contribution in [0.2, 0.25) is 23.7 Å². The van der Waals surface area contributed by atoms with E-state index < -0.39 is 35.6 Å². The molecule has 0 radical (unpaired) electrons. The van der Waals surface area contributed by atoms with Gasteiger partial charge < -0.3 is 4.18 Å². The number of carbonyl (C=O) groups excluding carboxylic acids is 1. The highest BCUT2D eigenvalue weighted by Crippen LogP contribution is 2.47. The van der Waals surface area contributed by atoms with Gasteiger partial charge >= 0.3 is 10.1 Å². The molecule has 24 heavy (non-hydrogen) atoms. The maximum atomic E-state index is 14.1. The van der Waals surface area contributed by atoms with Gasteiger partial charge in [0.05, 0.1) is 14.3 Å². The Morgan fingerprint density at radius 2 is 1.75 bits per heavy atom. The number of fused-ring (bicyclic) bond motifs is 1. The molecule has 134 valence electrons. The lowest BCUT2D eigenvalue weighted by Crippen LogP contribution is -2.40. The second-order valence-electron chi connectivity index (χ2n) is 6.36. The van der Waals surface area contributed by atoms with Gasteiger partial charge in [0.2, 0.25) is 5.82 Å². The highest BCUT2D eigenvalue weighted by molar-refractivity contribution is 7.86. The van der Waals surface area contributed by atoms with Crippen LogP contribution in [0.4, 0.5) is 8.78 Å². The van der Waals surface area contributed by atoms with Crippen molar-refractivity contribution in [2.45, 2.75) is 50.9 Å². The maximum Gasteiger partial charge on any atom is 0.306 e. The summed E-state index contributed by atoms with van der Waals surface area (Å²) in [6, 6.07) is 3.54. The SMILES string of the molecule is CC[Si](CC)(CC)C1Cc2c(cc(F)c(F)c2OS(C)(=O)=O)C1=O. The van der Waals surface area contributed by atoms with Gasteiger partial charge in [-0.1, -0.05) is 38.9 Å². The zero-order valence-electron chi connectivity index (χ0n) is 14.3. The van der Waals surface area contributed by atoms with Crippen LogP contribution >= 0.6 is 0 Å². The van der Waals surface area contributed by atoms with E-state index in [9.17, 15) is 22.0 Å². The molecule has 4 nitrogen and oxygen atoms in total. The fourth-order valence-electron chi connectivity index (χ4n) is 3.77. The molecule has 0 saturated carbocycles. The van der Waals surface area contributed by atoms with Crippen molar-refractivity contribution >= 4 is 24.0 Å². The minimum atomic E-state index is -4.03. The lowest BCUT2D eigenvalue weighted by molar-refractivity contribution is 0.0991. The predicted octanol–water partition coefficient (Wildman–Crippen LogP) is 3.92. The number of benzene rings is 1. The number of halogens is 2. The van der Waals surface area contributed by atoms with E-state index in [2.05, 4.69) is 4.18 Å². The van der Waals surface area contributed by atoms with Gasteiger partial charge in [0.1, 0.15) is 0 Å². The number of ketones is 1. The second-order valence-corrected chi connectivity index (χ2v) is 13.5. The summed E-state index contributed by atoms with van der Waals surface area (Å²) in [5.74, 6) is -3.49. The van der Waals surface area contributed by atoms with Crippen molar-refractivity contribution in [1.29, 1.82) is 0 Å². The Morgan fingerprint density at radius 3 is 2.21 bits per heavy atom. The molecule has 0 saturated heterocycles. The van der Waals surface area contributed by atoms with E-state index in [0.29, 0.717) is 0 Å². The molecule has 0 spiro atoms. The van der Waals surface area contributed by atoms with Crippen molar-refractivity contribution in [1.82, 2.24) is 0 Å². The van der Waals surface area contributed by atoms with Crippen LogP contribution in [0.25, 0.3) is 0 Å². The largest absolute Gasteiger partial charge is 0.379 e. The van der Waals surface area contributed by atoms with E-state index in [-0.39, 0.29) is 28.9 Å². The van der Waals surface area contributed by atoms with Crippen LogP contribution in [-0.2, 0) is 16.5 Å². The zero-order valence-corrected chi connectivity index (χ0v) is 16.1. The van der Waals surface area contributed by atoms with Crippen molar-refractivity contribution in [3.63, 3.8) is 0 Å². The maximum absolute atomic E-state index is 14.1. The van der Waals surface area contributed by atoms with E-state index >= 15 is 0 Å². The van der Waals surface area contributed by atoms with Crippen molar-refractivity contribution in [3.8, 4) is 5.75 Å². The van der Waals surface area contributed by atoms with Gasteiger partial charge in [-0.3, -0.25) is 4.79 Å². The molecule has 1 aliphatic rings. The van der Waals surface area contributed by atoms with Gasteiger partial charge in [-0.2, -0.15) is 12.8 Å². The Bertz CT molecular complexity index is 765. The molecule has 0 fully saturated rings. The van der Waals surface area contributed by atoms with Gasteiger partial charge in [-0.15, -0.1) is 0 Å². The summed E-state index contributed by atoms with van der Waals surface area (Å²) in [6.45, 7) is 6.14. The number of rotatable bonds is 6. The van der Waals surface area contributed by atoms with E-state index in [1.165, 1.54) is 0 Å². The molecule has 0 heterocycles. The van der Waals surface area contributed by atoms with Crippen LogP contribution < -0.4 is 4.18 Å². The fraction of sp³-hybridized carbons (Fsp3) is 0.562. The minimum absolute atomic E-state index is 0.0600. The lowest BCUT2D eigenvalue weighted by Gasteiger charge is -2.33. The number of Topliss-reactive ketones (excluding diaryl/α,β-unsaturated/α-hetero) is 1. The molecule has 0 bridgehead atoms. The van der Waals surface area contributed by atoms with Crippen molar-refractivity contribution in [2.75, 3.05) is 6.26 Å². The summed E-state index contributed by atoms with van der Waals surface area (Å²) in [4.78, 5) is 12.8. The van der Waals surface area contributed by atoms with Crippen molar-refractivity contribution < 1.29 is 26.2 Å². The molecule has 0 aromatic heterocycles. The first kappa shape index (κ1) is 19.0. The standard InChI is InChI=1S/C16H22F2O4SSi/c1-5-24(6-2,7-3)13-9-11-10(15(13)19)8-12(17)14(18)16(11)22-23(4,20)21/h8,13H,5-7,9H2,1-4H3. The van der Waals surface area contributed by atoms with Crippen LogP contribution in [0.1, 0.15) is 36.7 Å². The Labute approximate surface area is 142 Å². The molecule has 0 amide bonds. The highest BCUT2D eigenvalue weighted by atomic mass is 32.2. The molecule has 2 rings (SSSR count). The average molecular weight is 376 g/mol. The first-order chi connectivity index (χ1) is 11.1. The number of hydrogen-bond acceptors (Lipinski definition) is 4. The predicted molar refractivity (Wildman–Crippen MR) is 90.8 cm³/mol. The molecule has 1 aliphatic carbocycles. The summed E-state index contributed by atoms with van der Waals surface area (Å²) >= 11 is 0. The van der Waals surface area contributed by atoms with Crippen molar-refractivity contribution in [3.05, 3.63) is 28.8 Å². The molecule has 0 aliphatic heterocycles. The molecular weight excluding hydrogens is 354 g/mol. The van der Waals surface area contributed by atoms with Crippen LogP contribution in [0.5, 0.6) is 5.75 Å². The van der Waals surface area contributed by atoms with Crippen LogP contribution in [-0.4, -0.2) is 28.5 Å². The zero-order chi connectivity index (χ0) is 18.3. The van der Waals surface area contributed by atoms with Crippen LogP contribution in [0, 0.1) is 11.6 Å². The van der Waals surface area contributed by atoms with Gasteiger partial charge in [-0.25, -0.2) is 4.39 Å². The fourth-order valence-corrected chi connectivity index (χ4v) is 8.57. The molecule has 8 heteroatoms. The minimum Gasteiger partial charge on any atom is -0.379 e. The number of carbonyl (C=O) groups is 1. The first-order valence-corrected chi connectivity index (χ1v) is 12.6. The summed E-state index contributed by atoms with van der Waals surface area (Å²) in [7, 11) is -5.99. The van der Waals surface area contributed by atoms with Crippen molar-refractivity contribution in [2.24, 2.45) is 0 Å². The Hall–Kier alpha value is -1.28. The van der Waals surface area contributed by atoms with Gasteiger partial charge in [0.25, 0.3) is 0 Å². The van der Waals surface area contributed by atoms with Gasteiger partial charge in [-0.05, 0) is 12.5 Å². The lowest BCUT2D eigenvalue weighted by atomic mass is 10.1. The summed E-state index contributed by atoms with van der Waals surface area (Å²) in [5, 5.41) is 0. The Balaban J connectivity index is 2.61. The van der Waals surface area contributed by atoms with Gasteiger partial charge in [0.15, 0.2) is 17.3 Å². The Kier molecular flexibility index (Phi) is 5.20. The van der Waals surface area contributed by atoms with Crippen LogP contribution in [0.15, 0.2) is 6.07 Å². The molecule has 1 aromatic carbocycles. The monoisotopic (exact) mass is 376 g/mol. The third kappa shape index (κ3) is 3.13. The smallest absolute Gasteiger partial charge is 0.306 e. The summed E-state index contributed by atoms with van der Waals surface area (Å²) < 4.78 is 55.5. The molecule has 1 unspecified atom stereocenters. The highest BCUT2D eigenvalue weighted by Gasteiger charge is 2.47. The van der Waals surface area contributed by atoms with E-state index in [1.807, 2.05) is 20.8 Å². The van der Waals surface area contributed by atoms with Crippen LogP contribution in [0.3, 0.4) is 0 Å². The van der Waals surface area contributed by atoms with E-state index in [4.69, 9.17) is 0 Å². The van der Waals surface area contributed by atoms with E-state index in [0.717, 1.165) is 30.5 Å². The average Bonchev–Trinajstić information content (AvgIpc) is 2.83. The van der Waals surface area contributed by atoms with E-state index in [1.54, 1.807) is 0 Å². The quantitative estimate of drug-likeness (QED) is 0.558. The third-order valence-electron chi connectivity index (χ3n) is 5.36. The topological polar surface area (TPSA) is 60.4 Å². The molecule has 1 aromatic rings. The normalized spacial score (nSPS) is 17.9. The molecule has 1 atom stereocenters. The van der Waals surface area contributed by atoms with Gasteiger partial charge in [0, 0.05) is 16.7 Å². The summed E-state index contributed by atoms with van der Waals surface area (Å²) in [6.07, 6.45) is 0.985. The third-order valence-corrected chi connectivity index (χ3v) is 12.0. The molecule has 0 N–H and O–H groups in total. The second kappa shape index (κ2) is 6.55. The Morgan fingerprint density at radius 1 is 1.21 bits per heavy atom. The first-order valence-electron chi connectivity index (χ1n) is 8.04.